The van der Waals surface area contributed by atoms with Gasteiger partial charge in [-0.2, -0.15) is 5.10 Å². The predicted molar refractivity (Wildman–Crippen MR) is 133 cm³/mol. The first kappa shape index (κ1) is 23.2. The van der Waals surface area contributed by atoms with Gasteiger partial charge in [-0.15, -0.1) is 11.3 Å². The van der Waals surface area contributed by atoms with Gasteiger partial charge in [-0.3, -0.25) is 0 Å². The molecule has 4 rings (SSSR count). The number of benzene rings is 2. The third-order valence-electron chi connectivity index (χ3n) is 4.89. The van der Waals surface area contributed by atoms with E-state index in [-0.39, 0.29) is 4.90 Å². The van der Waals surface area contributed by atoms with Gasteiger partial charge in [0.1, 0.15) is 17.0 Å². The largest absolute Gasteiger partial charge is 0.384 e. The maximum Gasteiger partial charge on any atom is 0.175 e. The highest BCUT2D eigenvalue weighted by atomic mass is 79.9. The smallest absolute Gasteiger partial charge is 0.175 e. The molecule has 0 fully saturated rings. The molecule has 2 aromatic heterocycles. The van der Waals surface area contributed by atoms with E-state index in [0.717, 1.165) is 25.5 Å². The Morgan fingerprint density at radius 1 is 1.03 bits per heavy atom. The van der Waals surface area contributed by atoms with E-state index in [1.165, 1.54) is 17.6 Å². The van der Waals surface area contributed by atoms with Crippen molar-refractivity contribution in [3.63, 3.8) is 0 Å². The lowest BCUT2D eigenvalue weighted by atomic mass is 10.1. The summed E-state index contributed by atoms with van der Waals surface area (Å²) in [6.45, 7) is 3.30. The summed E-state index contributed by atoms with van der Waals surface area (Å²) in [5, 5.41) is 15.7. The van der Waals surface area contributed by atoms with Crippen molar-refractivity contribution in [2.75, 3.05) is 6.26 Å². The molecule has 0 radical (unpaired) electrons. The number of hydrogen-bond acceptors (Lipinski definition) is 5. The summed E-state index contributed by atoms with van der Waals surface area (Å²) < 4.78 is 26.1. The van der Waals surface area contributed by atoms with Gasteiger partial charge in [-0.25, -0.2) is 13.1 Å². The highest BCUT2D eigenvalue weighted by Gasteiger charge is 2.29. The van der Waals surface area contributed by atoms with Crippen LogP contribution in [-0.2, 0) is 15.4 Å². The Labute approximate surface area is 204 Å². The van der Waals surface area contributed by atoms with Gasteiger partial charge in [-0.1, -0.05) is 35.9 Å². The van der Waals surface area contributed by atoms with Crippen LogP contribution in [0, 0.1) is 0 Å². The summed E-state index contributed by atoms with van der Waals surface area (Å²) in [7, 11) is -3.25. The first-order valence-corrected chi connectivity index (χ1v) is 13.5. The summed E-state index contributed by atoms with van der Waals surface area (Å²) >= 11 is 11.8. The van der Waals surface area contributed by atoms with E-state index in [1.54, 1.807) is 42.8 Å². The van der Waals surface area contributed by atoms with Crippen LogP contribution in [-0.4, -0.2) is 29.6 Å². The molecule has 9 heteroatoms. The number of sulfone groups is 1. The van der Waals surface area contributed by atoms with Crippen LogP contribution in [0.4, 0.5) is 0 Å². The van der Waals surface area contributed by atoms with Gasteiger partial charge < -0.3 is 5.11 Å². The van der Waals surface area contributed by atoms with Gasteiger partial charge in [0.05, 0.1) is 20.5 Å². The number of hydrogen-bond donors (Lipinski definition) is 1. The number of aromatic nitrogens is 2. The summed E-state index contributed by atoms with van der Waals surface area (Å²) in [5.74, 6) is 0. The van der Waals surface area contributed by atoms with Crippen molar-refractivity contribution in [1.29, 1.82) is 0 Å². The van der Waals surface area contributed by atoms with Crippen molar-refractivity contribution in [3.8, 4) is 26.7 Å². The molecular weight excluding hydrogens is 532 g/mol. The fourth-order valence-corrected chi connectivity index (χ4v) is 5.93. The standard InChI is InChI=1S/C23H20BrClN2O3S2/c1-23(2,28)22-20(25)21(27(26-22)17-7-5-4-6-16(17)24)19-13-12-18(31-19)14-8-10-15(11-9-14)32(3,29)30/h4-13,28H,1-3H3. The number of aliphatic hydroxyl groups is 1. The van der Waals surface area contributed by atoms with E-state index >= 15 is 0 Å². The highest BCUT2D eigenvalue weighted by molar-refractivity contribution is 9.10. The van der Waals surface area contributed by atoms with Gasteiger partial charge >= 0.3 is 0 Å². The highest BCUT2D eigenvalue weighted by Crippen LogP contribution is 2.43. The molecule has 0 bridgehead atoms. The second-order valence-electron chi connectivity index (χ2n) is 7.89. The van der Waals surface area contributed by atoms with Crippen molar-refractivity contribution >= 4 is 48.7 Å². The van der Waals surface area contributed by atoms with E-state index < -0.39 is 15.4 Å². The summed E-state index contributed by atoms with van der Waals surface area (Å²) in [4.78, 5) is 2.11. The quantitative estimate of drug-likeness (QED) is 0.315. The maximum atomic E-state index is 11.7. The lowest BCUT2D eigenvalue weighted by Gasteiger charge is -2.14. The summed E-state index contributed by atoms with van der Waals surface area (Å²) in [6.07, 6.45) is 1.19. The third-order valence-corrected chi connectivity index (χ3v) is 8.19. The molecule has 0 amide bonds. The molecule has 2 aromatic carbocycles. The van der Waals surface area contributed by atoms with Crippen LogP contribution in [0.5, 0.6) is 0 Å². The molecule has 0 saturated carbocycles. The number of thiophene rings is 1. The SMILES string of the molecule is CC(C)(O)c1nn(-c2ccccc2Br)c(-c2ccc(-c3ccc(S(C)(=O)=O)cc3)s2)c1Cl. The molecule has 0 spiro atoms. The zero-order chi connectivity index (χ0) is 23.3. The van der Waals surface area contributed by atoms with Crippen molar-refractivity contribution < 1.29 is 13.5 Å². The van der Waals surface area contributed by atoms with Crippen molar-refractivity contribution in [2.24, 2.45) is 0 Å². The predicted octanol–water partition coefficient (Wildman–Crippen LogP) is 6.31. The fraction of sp³-hybridized carbons (Fsp3) is 0.174. The van der Waals surface area contributed by atoms with Crippen molar-refractivity contribution in [2.45, 2.75) is 24.3 Å². The van der Waals surface area contributed by atoms with Gasteiger partial charge in [0, 0.05) is 15.6 Å². The zero-order valence-corrected chi connectivity index (χ0v) is 21.5. The molecule has 0 saturated heterocycles. The molecule has 32 heavy (non-hydrogen) atoms. The fourth-order valence-electron chi connectivity index (χ4n) is 3.29. The van der Waals surface area contributed by atoms with Crippen LogP contribution < -0.4 is 0 Å². The average molecular weight is 552 g/mol. The van der Waals surface area contributed by atoms with Crippen LogP contribution in [0.2, 0.25) is 5.02 Å². The Bertz CT molecular complexity index is 1400. The van der Waals surface area contributed by atoms with Crippen LogP contribution in [0.25, 0.3) is 26.7 Å². The second-order valence-corrected chi connectivity index (χ2v) is 12.2. The molecule has 5 nitrogen and oxygen atoms in total. The molecule has 1 N–H and O–H groups in total. The molecule has 4 aromatic rings. The second kappa shape index (κ2) is 8.43. The minimum Gasteiger partial charge on any atom is -0.384 e. The van der Waals surface area contributed by atoms with E-state index in [4.69, 9.17) is 11.6 Å². The van der Waals surface area contributed by atoms with Crippen LogP contribution in [0.1, 0.15) is 19.5 Å². The normalized spacial score (nSPS) is 12.3. The molecule has 2 heterocycles. The number of rotatable bonds is 5. The molecule has 0 unspecified atom stereocenters. The number of nitrogens with zero attached hydrogens (tertiary/aromatic N) is 2. The Morgan fingerprint density at radius 3 is 2.25 bits per heavy atom. The monoisotopic (exact) mass is 550 g/mol. The van der Waals surface area contributed by atoms with Crippen molar-refractivity contribution in [3.05, 3.63) is 75.9 Å². The number of halogens is 2. The van der Waals surface area contributed by atoms with E-state index in [9.17, 15) is 13.5 Å². The summed E-state index contributed by atoms with van der Waals surface area (Å²) in [6, 6.07) is 18.4. The molecule has 0 aliphatic carbocycles. The zero-order valence-electron chi connectivity index (χ0n) is 17.5. The van der Waals surface area contributed by atoms with Crippen LogP contribution in [0.3, 0.4) is 0 Å². The molecule has 166 valence electrons. The first-order chi connectivity index (χ1) is 15.0. The number of para-hydroxylation sites is 1. The Morgan fingerprint density at radius 2 is 1.66 bits per heavy atom. The average Bonchev–Trinajstić information content (AvgIpc) is 3.32. The topological polar surface area (TPSA) is 72.2 Å². The Hall–Kier alpha value is -1.97. The van der Waals surface area contributed by atoms with Gasteiger partial charge in [-0.05, 0) is 71.7 Å². The molecule has 0 aliphatic rings. The van der Waals surface area contributed by atoms with Crippen LogP contribution in [0.15, 0.2) is 70.0 Å². The van der Waals surface area contributed by atoms with Gasteiger partial charge in [0.15, 0.2) is 9.84 Å². The minimum absolute atomic E-state index is 0.280. The maximum absolute atomic E-state index is 11.7. The van der Waals surface area contributed by atoms with E-state index in [2.05, 4.69) is 21.0 Å². The van der Waals surface area contributed by atoms with Gasteiger partial charge in [0.25, 0.3) is 0 Å². The van der Waals surface area contributed by atoms with Gasteiger partial charge in [0.2, 0.25) is 0 Å². The summed E-state index contributed by atoms with van der Waals surface area (Å²) in [5.41, 5.74) is 1.55. The molecule has 0 atom stereocenters. The van der Waals surface area contributed by atoms with E-state index in [0.29, 0.717) is 16.4 Å². The molecule has 0 aliphatic heterocycles. The molecular formula is C23H20BrClN2O3S2. The lowest BCUT2D eigenvalue weighted by Crippen LogP contribution is -2.17. The van der Waals surface area contributed by atoms with Crippen LogP contribution >= 0.6 is 38.9 Å². The van der Waals surface area contributed by atoms with E-state index in [1.807, 2.05) is 36.4 Å². The first-order valence-electron chi connectivity index (χ1n) is 9.64. The van der Waals surface area contributed by atoms with Crippen molar-refractivity contribution in [1.82, 2.24) is 9.78 Å². The lowest BCUT2D eigenvalue weighted by molar-refractivity contribution is 0.0735. The third kappa shape index (κ3) is 4.43. The Kier molecular flexibility index (Phi) is 6.11. The Balaban J connectivity index is 1.85. The minimum atomic E-state index is -3.25.